The topological polar surface area (TPSA) is 153 Å². The molecule has 6 rings (SSSR count). The molecule has 0 spiro atoms. The Morgan fingerprint density at radius 2 is 1.41 bits per heavy atom. The van der Waals surface area contributed by atoms with Gasteiger partial charge in [0.25, 0.3) is 5.91 Å². The number of rotatable bonds is 10. The average molecular weight is 695 g/mol. The molecule has 1 aliphatic heterocycles. The van der Waals surface area contributed by atoms with Gasteiger partial charge >= 0.3 is 13.8 Å². The van der Waals surface area contributed by atoms with Crippen LogP contribution in [0.3, 0.4) is 0 Å². The second kappa shape index (κ2) is 14.6. The highest BCUT2D eigenvalue weighted by Crippen LogP contribution is 2.54. The molecule has 12 nitrogen and oxygen atoms in total. The molecular weight excluding hydrogens is 665 g/mol. The Balaban J connectivity index is 1.28. The van der Waals surface area contributed by atoms with E-state index in [0.717, 1.165) is 5.56 Å². The molecule has 1 heterocycles. The Morgan fingerprint density at radius 1 is 0.837 bits per heavy atom. The van der Waals surface area contributed by atoms with Crippen molar-refractivity contribution >= 4 is 53.7 Å². The summed E-state index contributed by atoms with van der Waals surface area (Å²) in [6.07, 6.45) is -1.31. The molecule has 5 aromatic rings. The van der Waals surface area contributed by atoms with Gasteiger partial charge in [0.15, 0.2) is 0 Å². The first-order valence-corrected chi connectivity index (χ1v) is 17.4. The summed E-state index contributed by atoms with van der Waals surface area (Å²) in [6.45, 7) is 0. The number of benzodiazepines with no additional fused rings is 1. The lowest BCUT2D eigenvalue weighted by Gasteiger charge is -2.32. The summed E-state index contributed by atoms with van der Waals surface area (Å²) in [4.78, 5) is 33.0. The van der Waals surface area contributed by atoms with Gasteiger partial charge in [-0.25, -0.2) is 14.4 Å². The molecule has 0 saturated carbocycles. The van der Waals surface area contributed by atoms with Gasteiger partial charge < -0.3 is 29.1 Å². The van der Waals surface area contributed by atoms with Gasteiger partial charge in [-0.15, -0.1) is 0 Å². The molecule has 0 bridgehead atoms. The molecule has 2 N–H and O–H groups in total. The molecular formula is C35H29N5O7PS-. The highest BCUT2D eigenvalue weighted by atomic mass is 32.2. The zero-order valence-corrected chi connectivity index (χ0v) is 27.6. The lowest BCUT2D eigenvalue weighted by molar-refractivity contribution is -0.119. The maximum atomic E-state index is 14.4. The van der Waals surface area contributed by atoms with Crippen LogP contribution in [0.2, 0.25) is 0 Å². The van der Waals surface area contributed by atoms with Crippen molar-refractivity contribution in [2.75, 3.05) is 21.3 Å². The number of hydrogen-bond donors (Lipinski definition) is 2. The van der Waals surface area contributed by atoms with Gasteiger partial charge in [0.05, 0.1) is 28.4 Å². The van der Waals surface area contributed by atoms with Gasteiger partial charge in [0.2, 0.25) is 6.17 Å². The second-order valence-corrected chi connectivity index (χ2v) is 13.3. The van der Waals surface area contributed by atoms with E-state index in [1.807, 2.05) is 48.5 Å². The molecule has 0 aliphatic carbocycles. The molecule has 3 amide bonds. The van der Waals surface area contributed by atoms with Crippen molar-refractivity contribution in [3.63, 3.8) is 0 Å². The molecule has 248 valence electrons. The third kappa shape index (κ3) is 7.54. The van der Waals surface area contributed by atoms with Crippen molar-refractivity contribution in [3.8, 4) is 11.5 Å². The van der Waals surface area contributed by atoms with Crippen molar-refractivity contribution in [1.82, 2.24) is 5.32 Å². The fourth-order valence-corrected chi connectivity index (χ4v) is 7.58. The van der Waals surface area contributed by atoms with E-state index in [1.165, 1.54) is 53.4 Å². The van der Waals surface area contributed by atoms with Crippen molar-refractivity contribution in [2.45, 2.75) is 6.17 Å². The van der Waals surface area contributed by atoms with Crippen LogP contribution in [0, 0.1) is 0 Å². The number of fused-ring (bicyclic) bond motifs is 1. The maximum Gasteiger partial charge on any atom is 0.555 e. The number of nitrogens with zero attached hydrogens (tertiary/aromatic N) is 3. The van der Waals surface area contributed by atoms with Crippen molar-refractivity contribution in [2.24, 2.45) is 4.99 Å². The van der Waals surface area contributed by atoms with Crippen LogP contribution in [0.1, 0.15) is 11.1 Å². The minimum absolute atomic E-state index is 0.0986. The quantitative estimate of drug-likeness (QED) is 0.125. The molecule has 1 aliphatic rings. The van der Waals surface area contributed by atoms with Gasteiger partial charge in [-0.2, -0.15) is 4.08 Å². The number of amides is 3. The maximum absolute atomic E-state index is 14.4. The number of anilines is 3. The number of benzene rings is 5. The first-order chi connectivity index (χ1) is 23.7. The second-order valence-electron chi connectivity index (χ2n) is 10.6. The number of hydrogen-bond acceptors (Lipinski definition) is 8. The number of carbonyl (C=O) groups is 2. The Hall–Kier alpha value is -5.75. The number of nitrogens with one attached hydrogen (secondary N) is 2. The minimum atomic E-state index is -4.69. The summed E-state index contributed by atoms with van der Waals surface area (Å²) >= 11 is -3.18. The Morgan fingerprint density at radius 3 is 2.02 bits per heavy atom. The standard InChI is InChI=1S/C35H30N5O7PS/c1-39-31-23-12-11-22-30(31)32(25-14-5-2-6-15-25)37-33(34(39)41)38-35(42)36-26-16-13-17-27(24-26)40(49(44)45)48(43,46-28-18-7-3-8-19-28)47-29-20-9-4-10-21-29/h2-24,33H,1H3,(H,44,45)(H2,36,38,42)/p-1. The summed E-state index contributed by atoms with van der Waals surface area (Å²) in [5.41, 5.74) is 2.59. The van der Waals surface area contributed by atoms with E-state index in [9.17, 15) is 22.9 Å². The van der Waals surface area contributed by atoms with Crippen LogP contribution in [-0.2, 0) is 20.6 Å². The predicted octanol–water partition coefficient (Wildman–Crippen LogP) is 6.51. The Kier molecular flexibility index (Phi) is 9.86. The molecule has 0 radical (unpaired) electrons. The molecule has 5 aromatic carbocycles. The first-order valence-electron chi connectivity index (χ1n) is 14.9. The minimum Gasteiger partial charge on any atom is -0.755 e. The predicted molar refractivity (Wildman–Crippen MR) is 187 cm³/mol. The van der Waals surface area contributed by atoms with Gasteiger partial charge in [0, 0.05) is 23.9 Å². The first kappa shape index (κ1) is 33.2. The third-order valence-corrected chi connectivity index (χ3v) is 10.3. The van der Waals surface area contributed by atoms with Crippen LogP contribution >= 0.6 is 7.75 Å². The molecule has 2 unspecified atom stereocenters. The van der Waals surface area contributed by atoms with Gasteiger partial charge in [-0.1, -0.05) is 91.0 Å². The lowest BCUT2D eigenvalue weighted by atomic mass is 10.0. The number of likely N-dealkylation sites (N-methyl/N-ethyl adjacent to an activating group) is 1. The summed E-state index contributed by atoms with van der Waals surface area (Å²) in [6, 6.07) is 37.4. The highest BCUT2D eigenvalue weighted by Gasteiger charge is 2.40. The summed E-state index contributed by atoms with van der Waals surface area (Å²) in [5, 5.41) is 5.24. The zero-order chi connectivity index (χ0) is 34.4. The van der Waals surface area contributed by atoms with Crippen LogP contribution in [-0.4, -0.2) is 39.6 Å². The lowest BCUT2D eigenvalue weighted by Crippen LogP contribution is -2.47. The van der Waals surface area contributed by atoms with Crippen LogP contribution in [0.25, 0.3) is 0 Å². The van der Waals surface area contributed by atoms with Gasteiger partial charge in [-0.3, -0.25) is 9.00 Å². The van der Waals surface area contributed by atoms with Crippen molar-refractivity contribution < 1.29 is 32.0 Å². The molecule has 14 heteroatoms. The van der Waals surface area contributed by atoms with E-state index in [0.29, 0.717) is 21.0 Å². The van der Waals surface area contributed by atoms with Crippen LogP contribution < -0.4 is 28.7 Å². The fourth-order valence-electron chi connectivity index (χ4n) is 5.07. The number of aliphatic imine (C=N–C) groups is 1. The SMILES string of the molecule is CN1C(=O)C(NC(=O)Nc2cccc(N(S(=O)[O-])P(=O)(Oc3ccccc3)Oc3ccccc3)c2)N=C(c2ccccc2)c2ccccc21. The van der Waals surface area contributed by atoms with Gasteiger partial charge in [0.1, 0.15) is 11.5 Å². The van der Waals surface area contributed by atoms with E-state index in [4.69, 9.17) is 9.05 Å². The monoisotopic (exact) mass is 694 g/mol. The highest BCUT2D eigenvalue weighted by molar-refractivity contribution is 7.90. The van der Waals surface area contributed by atoms with Gasteiger partial charge in [-0.05, 0) is 48.5 Å². The van der Waals surface area contributed by atoms with E-state index >= 15 is 0 Å². The Bertz CT molecular complexity index is 2020. The van der Waals surface area contributed by atoms with E-state index < -0.39 is 37.1 Å². The summed E-state index contributed by atoms with van der Waals surface area (Å²) in [7, 11) is -3.09. The van der Waals surface area contributed by atoms with E-state index in [2.05, 4.69) is 15.6 Å². The molecule has 0 fully saturated rings. The van der Waals surface area contributed by atoms with Crippen LogP contribution in [0.4, 0.5) is 21.9 Å². The molecule has 0 saturated heterocycles. The normalized spacial score (nSPS) is 14.8. The van der Waals surface area contributed by atoms with E-state index in [1.54, 1.807) is 49.5 Å². The molecule has 0 aromatic heterocycles. The number of urea groups is 1. The zero-order valence-electron chi connectivity index (χ0n) is 25.9. The largest absolute Gasteiger partial charge is 0.755 e. The smallest absolute Gasteiger partial charge is 0.555 e. The number of carbonyl (C=O) groups excluding carboxylic acids is 2. The third-order valence-electron chi connectivity index (χ3n) is 7.27. The Labute approximate surface area is 285 Å². The van der Waals surface area contributed by atoms with Crippen LogP contribution in [0.15, 0.2) is 145 Å². The molecule has 49 heavy (non-hydrogen) atoms. The summed E-state index contributed by atoms with van der Waals surface area (Å²) < 4.78 is 51.7. The van der Waals surface area contributed by atoms with E-state index in [-0.39, 0.29) is 22.9 Å². The summed E-state index contributed by atoms with van der Waals surface area (Å²) in [5.74, 6) is -0.282. The van der Waals surface area contributed by atoms with Crippen molar-refractivity contribution in [3.05, 3.63) is 151 Å². The molecule has 2 atom stereocenters. The fraction of sp³-hybridized carbons (Fsp3) is 0.0571. The number of para-hydroxylation sites is 3. The average Bonchev–Trinajstić information content (AvgIpc) is 3.20. The van der Waals surface area contributed by atoms with Crippen molar-refractivity contribution in [1.29, 1.82) is 0 Å². The van der Waals surface area contributed by atoms with Crippen LogP contribution in [0.5, 0.6) is 11.5 Å².